The van der Waals surface area contributed by atoms with Gasteiger partial charge in [-0.05, 0) is 0 Å². The summed E-state index contributed by atoms with van der Waals surface area (Å²) in [5.41, 5.74) is 22.2. The summed E-state index contributed by atoms with van der Waals surface area (Å²) in [7, 11) is 0. The summed E-state index contributed by atoms with van der Waals surface area (Å²) in [5, 5.41) is 2.90. The minimum absolute atomic E-state index is 0.0632. The quantitative estimate of drug-likeness (QED) is 0.387. The Morgan fingerprint density at radius 2 is 1.62 bits per heavy atom. The summed E-state index contributed by atoms with van der Waals surface area (Å²) < 4.78 is 0. The molecule has 0 atom stereocenters. The van der Waals surface area contributed by atoms with Crippen LogP contribution in [0.4, 0.5) is 23.3 Å². The molecule has 1 aromatic heterocycles. The molecule has 0 saturated carbocycles. The van der Waals surface area contributed by atoms with Crippen molar-refractivity contribution in [2.45, 2.75) is 0 Å². The molecular weight excluding hydrogens is 170 g/mol. The highest BCUT2D eigenvalue weighted by atomic mass is 15.1. The first kappa shape index (κ1) is 9.33. The smallest absolute Gasteiger partial charge is 0.224 e. The van der Waals surface area contributed by atoms with Crippen LogP contribution in [0.1, 0.15) is 0 Å². The van der Waals surface area contributed by atoms with Crippen LogP contribution in [-0.2, 0) is 0 Å². The van der Waals surface area contributed by atoms with Crippen molar-refractivity contribution < 1.29 is 0 Å². The van der Waals surface area contributed by atoms with E-state index in [1.807, 2.05) is 0 Å². The second-order valence-corrected chi connectivity index (χ2v) is 2.44. The molecule has 0 aliphatic carbocycles. The summed E-state index contributed by atoms with van der Waals surface area (Å²) in [6.45, 7) is 1.03. The van der Waals surface area contributed by atoms with Gasteiger partial charge in [0.2, 0.25) is 5.95 Å². The molecule has 9 N–H and O–H groups in total. The van der Waals surface area contributed by atoms with E-state index < -0.39 is 0 Å². The molecule has 0 unspecified atom stereocenters. The van der Waals surface area contributed by atoms with E-state index in [1.54, 1.807) is 0 Å². The van der Waals surface area contributed by atoms with Gasteiger partial charge in [-0.3, -0.25) is 0 Å². The first-order chi connectivity index (χ1) is 6.15. The SMILES string of the molecule is NCCNc1c(N)nc(N)nc1N. The third-order valence-electron chi connectivity index (χ3n) is 1.43. The lowest BCUT2D eigenvalue weighted by molar-refractivity contribution is 1.02. The van der Waals surface area contributed by atoms with Crippen molar-refractivity contribution in [2.24, 2.45) is 5.73 Å². The summed E-state index contributed by atoms with van der Waals surface area (Å²) in [5.74, 6) is 0.533. The van der Waals surface area contributed by atoms with Crippen molar-refractivity contribution in [2.75, 3.05) is 35.6 Å². The number of nitrogen functional groups attached to an aromatic ring is 3. The number of hydrogen-bond acceptors (Lipinski definition) is 7. The van der Waals surface area contributed by atoms with Crippen LogP contribution in [0.3, 0.4) is 0 Å². The first-order valence-corrected chi connectivity index (χ1v) is 3.77. The predicted octanol–water partition coefficient (Wildman–Crippen LogP) is -1.41. The second-order valence-electron chi connectivity index (χ2n) is 2.44. The standard InChI is InChI=1S/C6H13N7/c7-1-2-11-3-4(8)12-6(10)13-5(3)9/h11H,1-2,7H2,(H6,8,9,10,12,13). The number of hydrogen-bond donors (Lipinski definition) is 5. The Morgan fingerprint density at radius 1 is 1.08 bits per heavy atom. The Kier molecular flexibility index (Phi) is 2.70. The van der Waals surface area contributed by atoms with Crippen LogP contribution in [0.5, 0.6) is 0 Å². The van der Waals surface area contributed by atoms with Crippen LogP contribution < -0.4 is 28.3 Å². The molecule has 0 spiro atoms. The van der Waals surface area contributed by atoms with Crippen LogP contribution in [0, 0.1) is 0 Å². The fourth-order valence-corrected chi connectivity index (χ4v) is 0.893. The number of aromatic nitrogens is 2. The van der Waals surface area contributed by atoms with Crippen molar-refractivity contribution >= 4 is 23.3 Å². The van der Waals surface area contributed by atoms with Crippen molar-refractivity contribution in [3.8, 4) is 0 Å². The van der Waals surface area contributed by atoms with Gasteiger partial charge in [0.15, 0.2) is 11.6 Å². The molecule has 0 saturated heterocycles. The topological polar surface area (TPSA) is 142 Å². The second kappa shape index (κ2) is 3.76. The molecule has 0 aromatic carbocycles. The number of nitrogens with two attached hydrogens (primary N) is 4. The molecule has 0 amide bonds. The van der Waals surface area contributed by atoms with Crippen LogP contribution >= 0.6 is 0 Å². The van der Waals surface area contributed by atoms with Gasteiger partial charge in [-0.1, -0.05) is 0 Å². The highest BCUT2D eigenvalue weighted by molar-refractivity contribution is 5.74. The maximum Gasteiger partial charge on any atom is 0.224 e. The largest absolute Gasteiger partial charge is 0.382 e. The van der Waals surface area contributed by atoms with Gasteiger partial charge in [0.1, 0.15) is 5.69 Å². The maximum atomic E-state index is 5.55. The van der Waals surface area contributed by atoms with E-state index in [9.17, 15) is 0 Å². The Bertz CT molecular complexity index is 274. The highest BCUT2D eigenvalue weighted by Gasteiger charge is 2.06. The van der Waals surface area contributed by atoms with Crippen LogP contribution in [0.25, 0.3) is 0 Å². The molecule has 0 aliphatic heterocycles. The lowest BCUT2D eigenvalue weighted by Gasteiger charge is -2.09. The summed E-state index contributed by atoms with van der Waals surface area (Å²) >= 11 is 0. The van der Waals surface area contributed by atoms with Crippen molar-refractivity contribution in [1.82, 2.24) is 9.97 Å². The summed E-state index contributed by atoms with van der Waals surface area (Å²) in [6.07, 6.45) is 0. The zero-order valence-corrected chi connectivity index (χ0v) is 7.12. The first-order valence-electron chi connectivity index (χ1n) is 3.77. The minimum atomic E-state index is 0.0632. The molecule has 0 radical (unpaired) electrons. The van der Waals surface area contributed by atoms with Gasteiger partial charge in [-0.2, -0.15) is 9.97 Å². The normalized spacial score (nSPS) is 9.92. The Morgan fingerprint density at radius 3 is 2.08 bits per heavy atom. The molecule has 1 rings (SSSR count). The zero-order chi connectivity index (χ0) is 9.84. The van der Waals surface area contributed by atoms with Crippen LogP contribution in [0.15, 0.2) is 0 Å². The highest BCUT2D eigenvalue weighted by Crippen LogP contribution is 2.22. The van der Waals surface area contributed by atoms with Gasteiger partial charge in [-0.15, -0.1) is 0 Å². The summed E-state index contributed by atoms with van der Waals surface area (Å²) in [4.78, 5) is 7.50. The lowest BCUT2D eigenvalue weighted by Crippen LogP contribution is -2.16. The minimum Gasteiger partial charge on any atom is -0.382 e. The molecule has 7 nitrogen and oxygen atoms in total. The number of nitrogens with zero attached hydrogens (tertiary/aromatic N) is 2. The number of rotatable bonds is 3. The van der Waals surface area contributed by atoms with Gasteiger partial charge in [0.25, 0.3) is 0 Å². The lowest BCUT2D eigenvalue weighted by atomic mass is 10.4. The fourth-order valence-electron chi connectivity index (χ4n) is 0.893. The Hall–Kier alpha value is -1.76. The van der Waals surface area contributed by atoms with E-state index in [1.165, 1.54) is 0 Å². The van der Waals surface area contributed by atoms with Crippen molar-refractivity contribution in [1.29, 1.82) is 0 Å². The monoisotopic (exact) mass is 183 g/mol. The number of nitrogens with one attached hydrogen (secondary N) is 1. The Balaban J connectivity index is 2.92. The van der Waals surface area contributed by atoms with Crippen LogP contribution in [-0.4, -0.2) is 23.1 Å². The molecule has 13 heavy (non-hydrogen) atoms. The van der Waals surface area contributed by atoms with Crippen molar-refractivity contribution in [3.63, 3.8) is 0 Å². The molecule has 0 bridgehead atoms. The zero-order valence-electron chi connectivity index (χ0n) is 7.12. The van der Waals surface area contributed by atoms with Gasteiger partial charge in [0.05, 0.1) is 0 Å². The molecule has 72 valence electrons. The molecule has 1 aromatic rings. The van der Waals surface area contributed by atoms with Crippen molar-refractivity contribution in [3.05, 3.63) is 0 Å². The van der Waals surface area contributed by atoms with E-state index >= 15 is 0 Å². The molecule has 0 fully saturated rings. The summed E-state index contributed by atoms with van der Waals surface area (Å²) in [6, 6.07) is 0. The van der Waals surface area contributed by atoms with Gasteiger partial charge >= 0.3 is 0 Å². The third-order valence-corrected chi connectivity index (χ3v) is 1.43. The average Bonchev–Trinajstić information content (AvgIpc) is 2.02. The predicted molar refractivity (Wildman–Crippen MR) is 52.8 cm³/mol. The maximum absolute atomic E-state index is 5.55. The molecule has 1 heterocycles. The van der Waals surface area contributed by atoms with E-state index in [-0.39, 0.29) is 17.6 Å². The van der Waals surface area contributed by atoms with E-state index in [0.717, 1.165) is 0 Å². The fraction of sp³-hybridized carbons (Fsp3) is 0.333. The average molecular weight is 183 g/mol. The Labute approximate surface area is 75.5 Å². The third kappa shape index (κ3) is 2.09. The molecular formula is C6H13N7. The van der Waals surface area contributed by atoms with Gasteiger partial charge in [0, 0.05) is 13.1 Å². The van der Waals surface area contributed by atoms with E-state index in [4.69, 9.17) is 22.9 Å². The van der Waals surface area contributed by atoms with E-state index in [2.05, 4.69) is 15.3 Å². The number of anilines is 4. The van der Waals surface area contributed by atoms with E-state index in [0.29, 0.717) is 18.8 Å². The van der Waals surface area contributed by atoms with Crippen LogP contribution in [0.2, 0.25) is 0 Å². The molecule has 7 heteroatoms. The molecule has 0 aliphatic rings. The van der Waals surface area contributed by atoms with Gasteiger partial charge in [-0.25, -0.2) is 0 Å². The van der Waals surface area contributed by atoms with Gasteiger partial charge < -0.3 is 28.3 Å².